The minimum Gasteiger partial charge on any atom is -0.396 e. The number of nitrogens with zero attached hydrogens (tertiary/aromatic N) is 1. The summed E-state index contributed by atoms with van der Waals surface area (Å²) in [5.41, 5.74) is 0.497. The average molecular weight is 330 g/mol. The number of rotatable bonds is 4. The molecule has 0 aromatic heterocycles. The van der Waals surface area contributed by atoms with Crippen molar-refractivity contribution in [3.05, 3.63) is 34.1 Å². The Balaban J connectivity index is 2.13. The van der Waals surface area contributed by atoms with Gasteiger partial charge in [0.05, 0.1) is 5.56 Å². The largest absolute Gasteiger partial charge is 0.396 e. The van der Waals surface area contributed by atoms with E-state index in [1.54, 1.807) is 0 Å². The van der Waals surface area contributed by atoms with E-state index in [0.29, 0.717) is 16.5 Å². The number of aliphatic hydroxyl groups is 1. The molecule has 19 heavy (non-hydrogen) atoms. The van der Waals surface area contributed by atoms with E-state index >= 15 is 0 Å². The molecule has 104 valence electrons. The summed E-state index contributed by atoms with van der Waals surface area (Å²) in [7, 11) is 0. The smallest absolute Gasteiger partial charge is 0.255 e. The van der Waals surface area contributed by atoms with Crippen LogP contribution in [-0.4, -0.2) is 35.1 Å². The maximum Gasteiger partial charge on any atom is 0.255 e. The van der Waals surface area contributed by atoms with Gasteiger partial charge in [0, 0.05) is 23.7 Å². The lowest BCUT2D eigenvalue weighted by atomic mass is 10.1. The zero-order chi connectivity index (χ0) is 13.8. The quantitative estimate of drug-likeness (QED) is 0.922. The highest BCUT2D eigenvalue weighted by Crippen LogP contribution is 2.26. The molecule has 0 aliphatic carbocycles. The molecule has 1 heterocycles. The van der Waals surface area contributed by atoms with Crippen molar-refractivity contribution >= 4 is 21.8 Å². The van der Waals surface area contributed by atoms with E-state index in [9.17, 15) is 9.18 Å². The molecule has 5 heteroatoms. The zero-order valence-electron chi connectivity index (χ0n) is 10.6. The topological polar surface area (TPSA) is 40.5 Å². The van der Waals surface area contributed by atoms with E-state index < -0.39 is 0 Å². The van der Waals surface area contributed by atoms with Crippen molar-refractivity contribution in [3.8, 4) is 0 Å². The first-order chi connectivity index (χ1) is 9.13. The van der Waals surface area contributed by atoms with Gasteiger partial charge in [0.25, 0.3) is 5.91 Å². The van der Waals surface area contributed by atoms with E-state index in [2.05, 4.69) is 15.9 Å². The molecule has 3 nitrogen and oxygen atoms in total. The minimum absolute atomic E-state index is 0.0627. The highest BCUT2D eigenvalue weighted by Gasteiger charge is 2.29. The zero-order valence-corrected chi connectivity index (χ0v) is 12.2. The number of likely N-dealkylation sites (tertiary alicyclic amines) is 1. The maximum atomic E-state index is 13.0. The van der Waals surface area contributed by atoms with Gasteiger partial charge < -0.3 is 10.0 Å². The second-order valence-corrected chi connectivity index (χ2v) is 5.64. The summed E-state index contributed by atoms with van der Waals surface area (Å²) in [5.74, 6) is -0.422. The van der Waals surface area contributed by atoms with Gasteiger partial charge in [-0.3, -0.25) is 4.79 Å². The van der Waals surface area contributed by atoms with Gasteiger partial charge in [0.2, 0.25) is 0 Å². The first kappa shape index (κ1) is 14.5. The predicted molar refractivity (Wildman–Crippen MR) is 74.5 cm³/mol. The van der Waals surface area contributed by atoms with Crippen molar-refractivity contribution in [2.75, 3.05) is 13.2 Å². The van der Waals surface area contributed by atoms with Crippen LogP contribution in [-0.2, 0) is 0 Å². The minimum atomic E-state index is -0.360. The highest BCUT2D eigenvalue weighted by atomic mass is 79.9. The van der Waals surface area contributed by atoms with Gasteiger partial charge in [-0.25, -0.2) is 4.39 Å². The van der Waals surface area contributed by atoms with Crippen molar-refractivity contribution in [2.45, 2.75) is 31.7 Å². The molecule has 0 saturated carbocycles. The third kappa shape index (κ3) is 3.34. The number of carbonyl (C=O) groups is 1. The van der Waals surface area contributed by atoms with Crippen LogP contribution in [0.3, 0.4) is 0 Å². The number of amides is 1. The summed E-state index contributed by atoms with van der Waals surface area (Å²) < 4.78 is 13.5. The van der Waals surface area contributed by atoms with E-state index in [-0.39, 0.29) is 24.4 Å². The van der Waals surface area contributed by atoms with Gasteiger partial charge in [0.15, 0.2) is 0 Å². The van der Waals surface area contributed by atoms with E-state index in [1.807, 2.05) is 4.90 Å². The Bertz CT molecular complexity index is 467. The second-order valence-electron chi connectivity index (χ2n) is 4.78. The van der Waals surface area contributed by atoms with Gasteiger partial charge in [-0.1, -0.05) is 0 Å². The lowest BCUT2D eigenvalue weighted by Crippen LogP contribution is -2.35. The Kier molecular flexibility index (Phi) is 4.93. The standard InChI is InChI=1S/C14H17BrFNO2/c15-13-9-10(16)5-6-12(13)14(19)17-7-1-3-11(17)4-2-8-18/h5-6,9,11,18H,1-4,7-8H2. The van der Waals surface area contributed by atoms with E-state index in [4.69, 9.17) is 5.11 Å². The monoisotopic (exact) mass is 329 g/mol. The number of benzene rings is 1. The fourth-order valence-corrected chi connectivity index (χ4v) is 3.07. The number of carbonyl (C=O) groups excluding carboxylic acids is 1. The fraction of sp³-hybridized carbons (Fsp3) is 0.500. The van der Waals surface area contributed by atoms with E-state index in [1.165, 1.54) is 18.2 Å². The van der Waals surface area contributed by atoms with Crippen LogP contribution in [0.2, 0.25) is 0 Å². The Labute approximate surface area is 120 Å². The molecule has 1 N–H and O–H groups in total. The van der Waals surface area contributed by atoms with Crippen molar-refractivity contribution in [1.29, 1.82) is 0 Å². The normalized spacial score (nSPS) is 18.9. The van der Waals surface area contributed by atoms with Gasteiger partial charge in [-0.15, -0.1) is 0 Å². The summed E-state index contributed by atoms with van der Waals surface area (Å²) in [4.78, 5) is 14.3. The summed E-state index contributed by atoms with van der Waals surface area (Å²) in [6.45, 7) is 0.886. The van der Waals surface area contributed by atoms with Crippen molar-refractivity contribution < 1.29 is 14.3 Å². The SMILES string of the molecule is O=C(c1ccc(F)cc1Br)N1CCCC1CCCO. The van der Waals surface area contributed by atoms with Gasteiger partial charge in [-0.2, -0.15) is 0 Å². The van der Waals surface area contributed by atoms with Crippen molar-refractivity contribution in [2.24, 2.45) is 0 Å². The summed E-state index contributed by atoms with van der Waals surface area (Å²) in [6.07, 6.45) is 3.49. The highest BCUT2D eigenvalue weighted by molar-refractivity contribution is 9.10. The van der Waals surface area contributed by atoms with Crippen LogP contribution in [0.25, 0.3) is 0 Å². The number of aliphatic hydroxyl groups excluding tert-OH is 1. The van der Waals surface area contributed by atoms with Crippen molar-refractivity contribution in [1.82, 2.24) is 4.90 Å². The molecular weight excluding hydrogens is 313 g/mol. The molecule has 1 aromatic rings. The van der Waals surface area contributed by atoms with E-state index in [0.717, 1.165) is 25.8 Å². The summed E-state index contributed by atoms with van der Waals surface area (Å²) in [5, 5.41) is 8.89. The van der Waals surface area contributed by atoms with Crippen LogP contribution >= 0.6 is 15.9 Å². The fourth-order valence-electron chi connectivity index (χ4n) is 2.55. The molecule has 2 rings (SSSR count). The Morgan fingerprint density at radius 3 is 3.00 bits per heavy atom. The first-order valence-corrected chi connectivity index (χ1v) is 7.29. The van der Waals surface area contributed by atoms with Crippen molar-refractivity contribution in [3.63, 3.8) is 0 Å². The molecule has 0 bridgehead atoms. The number of hydrogen-bond acceptors (Lipinski definition) is 2. The van der Waals surface area contributed by atoms with Gasteiger partial charge in [0.1, 0.15) is 5.82 Å². The Morgan fingerprint density at radius 2 is 2.32 bits per heavy atom. The lowest BCUT2D eigenvalue weighted by molar-refractivity contribution is 0.0723. The lowest BCUT2D eigenvalue weighted by Gasteiger charge is -2.25. The molecule has 1 atom stereocenters. The molecule has 1 aliphatic rings. The first-order valence-electron chi connectivity index (χ1n) is 6.50. The van der Waals surface area contributed by atoms with Crippen LogP contribution in [0.5, 0.6) is 0 Å². The van der Waals surface area contributed by atoms with Gasteiger partial charge in [-0.05, 0) is 59.8 Å². The Morgan fingerprint density at radius 1 is 1.53 bits per heavy atom. The molecule has 1 saturated heterocycles. The number of halogens is 2. The average Bonchev–Trinajstić information content (AvgIpc) is 2.83. The molecule has 1 aromatic carbocycles. The molecule has 0 spiro atoms. The molecule has 0 radical (unpaired) electrons. The second kappa shape index (κ2) is 6.48. The molecular formula is C14H17BrFNO2. The molecule has 1 aliphatic heterocycles. The Hall–Kier alpha value is -0.940. The third-order valence-electron chi connectivity index (χ3n) is 3.50. The van der Waals surface area contributed by atoms with Crippen LogP contribution in [0.15, 0.2) is 22.7 Å². The van der Waals surface area contributed by atoms with Gasteiger partial charge >= 0.3 is 0 Å². The summed E-state index contributed by atoms with van der Waals surface area (Å²) in [6, 6.07) is 4.32. The summed E-state index contributed by atoms with van der Waals surface area (Å²) >= 11 is 3.24. The van der Waals surface area contributed by atoms with Crippen LogP contribution in [0.4, 0.5) is 4.39 Å². The van der Waals surface area contributed by atoms with Crippen LogP contribution in [0.1, 0.15) is 36.0 Å². The molecule has 1 amide bonds. The van der Waals surface area contributed by atoms with Crippen LogP contribution < -0.4 is 0 Å². The molecule has 1 fully saturated rings. The number of hydrogen-bond donors (Lipinski definition) is 1. The maximum absolute atomic E-state index is 13.0. The molecule has 1 unspecified atom stereocenters. The van der Waals surface area contributed by atoms with Crippen LogP contribution in [0, 0.1) is 5.82 Å². The predicted octanol–water partition coefficient (Wildman–Crippen LogP) is 2.97. The third-order valence-corrected chi connectivity index (χ3v) is 4.15.